The molecule has 0 spiro atoms. The van der Waals surface area contributed by atoms with Crippen LogP contribution in [0.2, 0.25) is 0 Å². The molecule has 0 unspecified atom stereocenters. The zero-order chi connectivity index (χ0) is 14.3. The maximum absolute atomic E-state index is 3.95. The molecule has 0 aliphatic rings. The summed E-state index contributed by atoms with van der Waals surface area (Å²) in [6.07, 6.45) is 10.2. The minimum absolute atomic E-state index is 1.04. The molecule has 0 bridgehead atoms. The lowest BCUT2D eigenvalue weighted by Gasteiger charge is -2.03. The zero-order valence-electron chi connectivity index (χ0n) is 12.1. The summed E-state index contributed by atoms with van der Waals surface area (Å²) in [4.78, 5) is 0. The summed E-state index contributed by atoms with van der Waals surface area (Å²) in [5.41, 5.74) is 5.68. The molecule has 98 valence electrons. The van der Waals surface area contributed by atoms with Gasteiger partial charge < -0.3 is 0 Å². The van der Waals surface area contributed by atoms with Crippen molar-refractivity contribution in [1.82, 2.24) is 0 Å². The SMILES string of the molecule is C=C(C)C(=C/C=C/C=C/c1ccc(C)cc1)C(=C)C. The molecular formula is C19H22. The first-order valence-corrected chi connectivity index (χ1v) is 6.44. The van der Waals surface area contributed by atoms with Crippen LogP contribution in [0.4, 0.5) is 0 Å². The lowest BCUT2D eigenvalue weighted by molar-refractivity contribution is 1.35. The average Bonchev–Trinajstić information content (AvgIpc) is 2.34. The third-order valence-electron chi connectivity index (χ3n) is 2.77. The van der Waals surface area contributed by atoms with Crippen molar-refractivity contribution in [2.24, 2.45) is 0 Å². The van der Waals surface area contributed by atoms with Gasteiger partial charge >= 0.3 is 0 Å². The van der Waals surface area contributed by atoms with Crippen LogP contribution in [0.25, 0.3) is 6.08 Å². The molecule has 0 aromatic heterocycles. The minimum Gasteiger partial charge on any atom is -0.0955 e. The lowest BCUT2D eigenvalue weighted by atomic mass is 10.0. The highest BCUT2D eigenvalue weighted by Gasteiger charge is 1.95. The summed E-state index contributed by atoms with van der Waals surface area (Å²) in [6, 6.07) is 8.46. The number of aryl methyl sites for hydroxylation is 1. The van der Waals surface area contributed by atoms with Crippen LogP contribution in [0.1, 0.15) is 25.0 Å². The quantitative estimate of drug-likeness (QED) is 0.593. The number of allylic oxidation sites excluding steroid dienone is 7. The fraction of sp³-hybridized carbons (Fsp3) is 0.158. The third kappa shape index (κ3) is 5.39. The average molecular weight is 250 g/mol. The summed E-state index contributed by atoms with van der Waals surface area (Å²) < 4.78 is 0. The van der Waals surface area contributed by atoms with Crippen LogP contribution in [0.5, 0.6) is 0 Å². The Labute approximate surface area is 117 Å². The molecule has 0 aliphatic carbocycles. The molecule has 0 saturated carbocycles. The van der Waals surface area contributed by atoms with E-state index in [1.54, 1.807) is 0 Å². The minimum atomic E-state index is 1.04. The van der Waals surface area contributed by atoms with Gasteiger partial charge in [0.05, 0.1) is 0 Å². The van der Waals surface area contributed by atoms with E-state index in [9.17, 15) is 0 Å². The number of benzene rings is 1. The van der Waals surface area contributed by atoms with Crippen LogP contribution in [-0.2, 0) is 0 Å². The van der Waals surface area contributed by atoms with Crippen LogP contribution in [0, 0.1) is 6.92 Å². The fourth-order valence-electron chi connectivity index (χ4n) is 1.71. The Bertz CT molecular complexity index is 518. The predicted octanol–water partition coefficient (Wildman–Crippen LogP) is 5.64. The van der Waals surface area contributed by atoms with Gasteiger partial charge in [-0.3, -0.25) is 0 Å². The maximum atomic E-state index is 3.95. The smallest absolute Gasteiger partial charge is 0.0210 e. The van der Waals surface area contributed by atoms with Crippen molar-refractivity contribution in [3.8, 4) is 0 Å². The molecule has 0 saturated heterocycles. The standard InChI is InChI=1S/C19H22/c1-15(2)19(16(3)4)10-8-6-7-9-18-13-11-17(5)12-14-18/h6-14H,1,3H2,2,4-5H3/b8-6+,9-7+. The van der Waals surface area contributed by atoms with Gasteiger partial charge in [-0.05, 0) is 31.9 Å². The van der Waals surface area contributed by atoms with Crippen LogP contribution in [0.3, 0.4) is 0 Å². The van der Waals surface area contributed by atoms with Gasteiger partial charge in [0.25, 0.3) is 0 Å². The van der Waals surface area contributed by atoms with Gasteiger partial charge in [0, 0.05) is 0 Å². The third-order valence-corrected chi connectivity index (χ3v) is 2.77. The molecule has 0 atom stereocenters. The van der Waals surface area contributed by atoms with Crippen molar-refractivity contribution in [2.75, 3.05) is 0 Å². The predicted molar refractivity (Wildman–Crippen MR) is 87.1 cm³/mol. The highest BCUT2D eigenvalue weighted by molar-refractivity contribution is 5.52. The molecule has 0 nitrogen and oxygen atoms in total. The van der Waals surface area contributed by atoms with E-state index in [1.807, 2.05) is 38.2 Å². The van der Waals surface area contributed by atoms with Crippen molar-refractivity contribution in [2.45, 2.75) is 20.8 Å². The normalized spacial score (nSPS) is 10.9. The van der Waals surface area contributed by atoms with E-state index in [2.05, 4.69) is 50.4 Å². The van der Waals surface area contributed by atoms with Gasteiger partial charge in [0.15, 0.2) is 0 Å². The molecule has 0 aliphatic heterocycles. The fourth-order valence-corrected chi connectivity index (χ4v) is 1.71. The molecule has 1 rings (SSSR count). The Balaban J connectivity index is 2.68. The molecule has 1 aromatic rings. The summed E-state index contributed by atoms with van der Waals surface area (Å²) >= 11 is 0. The Morgan fingerprint density at radius 2 is 1.47 bits per heavy atom. The molecule has 0 heterocycles. The molecule has 1 aromatic carbocycles. The van der Waals surface area contributed by atoms with Crippen molar-refractivity contribution in [3.05, 3.63) is 89.6 Å². The Morgan fingerprint density at radius 3 is 2.00 bits per heavy atom. The molecule has 0 amide bonds. The monoisotopic (exact) mass is 250 g/mol. The number of hydrogen-bond donors (Lipinski definition) is 0. The van der Waals surface area contributed by atoms with Gasteiger partial charge in [-0.1, -0.05) is 84.5 Å². The lowest BCUT2D eigenvalue weighted by Crippen LogP contribution is -1.83. The van der Waals surface area contributed by atoms with Crippen molar-refractivity contribution in [1.29, 1.82) is 0 Å². The second kappa shape index (κ2) is 7.38. The molecule has 19 heavy (non-hydrogen) atoms. The number of rotatable bonds is 5. The van der Waals surface area contributed by atoms with Crippen molar-refractivity contribution >= 4 is 6.08 Å². The Morgan fingerprint density at radius 1 is 0.895 bits per heavy atom. The van der Waals surface area contributed by atoms with Crippen molar-refractivity contribution < 1.29 is 0 Å². The van der Waals surface area contributed by atoms with E-state index in [1.165, 1.54) is 11.1 Å². The molecule has 0 N–H and O–H groups in total. The highest BCUT2D eigenvalue weighted by atomic mass is 14.0. The van der Waals surface area contributed by atoms with Crippen molar-refractivity contribution in [3.63, 3.8) is 0 Å². The van der Waals surface area contributed by atoms with Gasteiger partial charge in [-0.25, -0.2) is 0 Å². The first-order valence-electron chi connectivity index (χ1n) is 6.44. The van der Waals surface area contributed by atoms with Crippen LogP contribution >= 0.6 is 0 Å². The molecule has 0 radical (unpaired) electrons. The van der Waals surface area contributed by atoms with E-state index < -0.39 is 0 Å². The molecule has 0 fully saturated rings. The van der Waals surface area contributed by atoms with E-state index in [-0.39, 0.29) is 0 Å². The summed E-state index contributed by atoms with van der Waals surface area (Å²) in [5, 5.41) is 0. The van der Waals surface area contributed by atoms with E-state index in [0.717, 1.165) is 16.7 Å². The zero-order valence-corrected chi connectivity index (χ0v) is 12.1. The second-order valence-corrected chi connectivity index (χ2v) is 4.80. The van der Waals surface area contributed by atoms with E-state index in [4.69, 9.17) is 0 Å². The largest absolute Gasteiger partial charge is 0.0955 e. The Hall–Kier alpha value is -2.08. The van der Waals surface area contributed by atoms with Crippen LogP contribution in [0.15, 0.2) is 78.4 Å². The summed E-state index contributed by atoms with van der Waals surface area (Å²) in [7, 11) is 0. The first-order chi connectivity index (χ1) is 9.00. The van der Waals surface area contributed by atoms with E-state index in [0.29, 0.717) is 0 Å². The van der Waals surface area contributed by atoms with E-state index >= 15 is 0 Å². The van der Waals surface area contributed by atoms with Crippen LogP contribution < -0.4 is 0 Å². The van der Waals surface area contributed by atoms with Gasteiger partial charge in [-0.15, -0.1) is 0 Å². The molecular weight excluding hydrogens is 228 g/mol. The summed E-state index contributed by atoms with van der Waals surface area (Å²) in [5.74, 6) is 0. The van der Waals surface area contributed by atoms with Gasteiger partial charge in [-0.2, -0.15) is 0 Å². The highest BCUT2D eigenvalue weighted by Crippen LogP contribution is 2.15. The number of hydrogen-bond acceptors (Lipinski definition) is 0. The molecule has 0 heteroatoms. The van der Waals surface area contributed by atoms with Crippen LogP contribution in [-0.4, -0.2) is 0 Å². The van der Waals surface area contributed by atoms with Gasteiger partial charge in [0.1, 0.15) is 0 Å². The second-order valence-electron chi connectivity index (χ2n) is 4.80. The topological polar surface area (TPSA) is 0 Å². The first kappa shape index (κ1) is 15.0. The summed E-state index contributed by atoms with van der Waals surface area (Å²) in [6.45, 7) is 14.0. The Kier molecular flexibility index (Phi) is 5.81. The van der Waals surface area contributed by atoms with Gasteiger partial charge in [0.2, 0.25) is 0 Å². The maximum Gasteiger partial charge on any atom is -0.0210 e.